The number of carbonyl (C=O) groups is 2. The van der Waals surface area contributed by atoms with E-state index in [0.717, 1.165) is 99.4 Å². The normalized spacial score (nSPS) is 11.4. The van der Waals surface area contributed by atoms with Gasteiger partial charge >= 0.3 is 11.9 Å². The van der Waals surface area contributed by atoms with Crippen LogP contribution in [0, 0.1) is 41.5 Å². The third-order valence-electron chi connectivity index (χ3n) is 10.9. The molecule has 2 N–H and O–H groups in total. The predicted molar refractivity (Wildman–Crippen MR) is 223 cm³/mol. The molecule has 0 saturated heterocycles. The lowest BCUT2D eigenvalue weighted by Crippen LogP contribution is -2.04. The quantitative estimate of drug-likeness (QED) is 0.181. The highest BCUT2D eigenvalue weighted by Gasteiger charge is 2.23. The van der Waals surface area contributed by atoms with Gasteiger partial charge in [0.2, 0.25) is 0 Å². The van der Waals surface area contributed by atoms with Gasteiger partial charge in [0.15, 0.2) is 0 Å². The first kappa shape index (κ1) is 34.6. The number of benzene rings is 8. The molecule has 4 heteroatoms. The Morgan fingerprint density at radius 3 is 1.09 bits per heavy atom. The van der Waals surface area contributed by atoms with Gasteiger partial charge in [0, 0.05) is 10.8 Å². The monoisotopic (exact) mass is 704 g/mol. The maximum Gasteiger partial charge on any atom is 0.336 e. The summed E-state index contributed by atoms with van der Waals surface area (Å²) in [4.78, 5) is 26.3. The Labute approximate surface area is 315 Å². The summed E-state index contributed by atoms with van der Waals surface area (Å²) in [6.07, 6.45) is 0. The summed E-state index contributed by atoms with van der Waals surface area (Å²) in [6, 6.07) is 40.7. The lowest BCUT2D eigenvalue weighted by atomic mass is 9.85. The molecule has 0 aliphatic rings. The average Bonchev–Trinajstić information content (AvgIpc) is 3.12. The van der Waals surface area contributed by atoms with Crippen molar-refractivity contribution in [3.63, 3.8) is 0 Å². The highest BCUT2D eigenvalue weighted by Crippen LogP contribution is 2.42. The van der Waals surface area contributed by atoms with Gasteiger partial charge in [-0.2, -0.15) is 0 Å². The molecule has 0 saturated carbocycles. The third kappa shape index (κ3) is 5.71. The van der Waals surface area contributed by atoms with Gasteiger partial charge in [0.25, 0.3) is 0 Å². The first-order chi connectivity index (χ1) is 25.9. The smallest absolute Gasteiger partial charge is 0.336 e. The molecule has 0 amide bonds. The van der Waals surface area contributed by atoms with Crippen molar-refractivity contribution in [3.05, 3.63) is 166 Å². The summed E-state index contributed by atoms with van der Waals surface area (Å²) < 4.78 is 0. The van der Waals surface area contributed by atoms with E-state index in [1.54, 1.807) is 0 Å². The van der Waals surface area contributed by atoms with E-state index in [1.807, 2.05) is 100 Å². The van der Waals surface area contributed by atoms with Crippen molar-refractivity contribution in [2.75, 3.05) is 0 Å². The zero-order chi connectivity index (χ0) is 38.0. The lowest BCUT2D eigenvalue weighted by Gasteiger charge is -2.18. The van der Waals surface area contributed by atoms with Crippen LogP contribution in [-0.4, -0.2) is 22.2 Å². The molecule has 54 heavy (non-hydrogen) atoms. The number of fused-ring (bicyclic) bond motifs is 3. The van der Waals surface area contributed by atoms with Gasteiger partial charge in [-0.25, -0.2) is 9.59 Å². The fourth-order valence-corrected chi connectivity index (χ4v) is 8.89. The maximum atomic E-state index is 13.1. The Morgan fingerprint density at radius 1 is 0.389 bits per heavy atom. The first-order valence-electron chi connectivity index (χ1n) is 18.2. The second-order valence-corrected chi connectivity index (χ2v) is 14.7. The molecule has 8 aromatic carbocycles. The van der Waals surface area contributed by atoms with Crippen molar-refractivity contribution in [1.82, 2.24) is 0 Å². The van der Waals surface area contributed by atoms with Gasteiger partial charge in [-0.15, -0.1) is 0 Å². The summed E-state index contributed by atoms with van der Waals surface area (Å²) in [6.45, 7) is 12.3. The Kier molecular flexibility index (Phi) is 8.42. The molecule has 0 atom stereocenters. The van der Waals surface area contributed by atoms with Crippen LogP contribution in [0.25, 0.3) is 76.8 Å². The summed E-state index contributed by atoms with van der Waals surface area (Å²) >= 11 is 0. The minimum absolute atomic E-state index is 0.300. The Morgan fingerprint density at radius 2 is 0.741 bits per heavy atom. The van der Waals surface area contributed by atoms with Crippen molar-refractivity contribution in [2.24, 2.45) is 0 Å². The molecule has 4 nitrogen and oxygen atoms in total. The number of aryl methyl sites for hydroxylation is 6. The Bertz CT molecular complexity index is 2650. The summed E-state index contributed by atoms with van der Waals surface area (Å²) in [5, 5.41) is 26.7. The second kappa shape index (κ2) is 13.2. The number of hydrogen-bond acceptors (Lipinski definition) is 2. The van der Waals surface area contributed by atoms with Gasteiger partial charge in [0.05, 0.1) is 11.1 Å². The largest absolute Gasteiger partial charge is 0.478 e. The van der Waals surface area contributed by atoms with Crippen LogP contribution in [0.15, 0.2) is 121 Å². The number of hydrogen-bond donors (Lipinski definition) is 2. The molecule has 0 unspecified atom stereocenters. The Balaban J connectivity index is 1.29. The lowest BCUT2D eigenvalue weighted by molar-refractivity contribution is 0.0689. The van der Waals surface area contributed by atoms with Crippen molar-refractivity contribution < 1.29 is 19.8 Å². The van der Waals surface area contributed by atoms with Gasteiger partial charge in [-0.1, -0.05) is 120 Å². The molecule has 0 aliphatic carbocycles. The molecule has 264 valence electrons. The van der Waals surface area contributed by atoms with Crippen molar-refractivity contribution in [2.45, 2.75) is 41.5 Å². The molecule has 8 aromatic rings. The SMILES string of the molecule is Cc1cc(C)c(-c2ccc3cccc(-c4ccc5cc(-c6cccc7ccc(-c8c(C)cc(C)cc8C)c(C(=O)O)c67)ccc5c4)c3c2C(=O)O)c(C)c1. The Hall–Kier alpha value is -6.52. The minimum Gasteiger partial charge on any atom is -0.478 e. The number of carboxylic acid groups (broad SMARTS) is 2. The molecule has 0 aromatic heterocycles. The molecule has 0 spiro atoms. The van der Waals surface area contributed by atoms with E-state index in [4.69, 9.17) is 0 Å². The van der Waals surface area contributed by atoms with Crippen LogP contribution in [0.1, 0.15) is 54.1 Å². The van der Waals surface area contributed by atoms with E-state index in [9.17, 15) is 19.8 Å². The topological polar surface area (TPSA) is 74.6 Å². The van der Waals surface area contributed by atoms with Gasteiger partial charge in [0.1, 0.15) is 0 Å². The number of carboxylic acids is 2. The zero-order valence-corrected chi connectivity index (χ0v) is 31.3. The molecule has 0 radical (unpaired) electrons. The number of rotatable bonds is 6. The van der Waals surface area contributed by atoms with E-state index in [-0.39, 0.29) is 0 Å². The van der Waals surface area contributed by atoms with E-state index >= 15 is 0 Å². The highest BCUT2D eigenvalue weighted by atomic mass is 16.4. The van der Waals surface area contributed by atoms with Crippen molar-refractivity contribution in [1.29, 1.82) is 0 Å². The van der Waals surface area contributed by atoms with Gasteiger partial charge in [-0.05, 0) is 142 Å². The number of aromatic carboxylic acids is 2. The van der Waals surface area contributed by atoms with Crippen molar-refractivity contribution in [3.8, 4) is 44.5 Å². The summed E-state index contributed by atoms with van der Waals surface area (Å²) in [5.74, 6) is -1.92. The van der Waals surface area contributed by atoms with Gasteiger partial charge in [-0.3, -0.25) is 0 Å². The molecule has 0 aliphatic heterocycles. The summed E-state index contributed by atoms with van der Waals surface area (Å²) in [7, 11) is 0. The average molecular weight is 705 g/mol. The molecule has 8 rings (SSSR count). The van der Waals surface area contributed by atoms with Crippen LogP contribution in [0.2, 0.25) is 0 Å². The molecule has 0 heterocycles. The molecule has 0 bridgehead atoms. The van der Waals surface area contributed by atoms with E-state index in [0.29, 0.717) is 21.9 Å². The molecular weight excluding hydrogens is 665 g/mol. The van der Waals surface area contributed by atoms with Crippen LogP contribution in [0.4, 0.5) is 0 Å². The van der Waals surface area contributed by atoms with E-state index < -0.39 is 11.9 Å². The first-order valence-corrected chi connectivity index (χ1v) is 18.2. The predicted octanol–water partition coefficient (Wildman–Crippen LogP) is 13.1. The van der Waals surface area contributed by atoms with E-state index in [2.05, 4.69) is 62.4 Å². The highest BCUT2D eigenvalue weighted by molar-refractivity contribution is 6.17. The molecule has 0 fully saturated rings. The molecular formula is C50H40O4. The van der Waals surface area contributed by atoms with Crippen LogP contribution in [0.3, 0.4) is 0 Å². The van der Waals surface area contributed by atoms with Crippen LogP contribution in [-0.2, 0) is 0 Å². The second-order valence-electron chi connectivity index (χ2n) is 14.7. The fraction of sp³-hybridized carbons (Fsp3) is 0.120. The fourth-order valence-electron chi connectivity index (χ4n) is 8.89. The maximum absolute atomic E-state index is 13.1. The third-order valence-corrected chi connectivity index (χ3v) is 10.9. The van der Waals surface area contributed by atoms with E-state index in [1.165, 1.54) is 0 Å². The standard InChI is InChI=1S/C50H40O4/c1-27-21-29(3)43(30(4)22-27)41-19-17-33-9-7-11-39(45(33)47(41)49(51)52)37-15-13-36-26-38(16-14-35(36)25-37)40-12-8-10-34-18-20-42(48(46(34)40)50(53)54)44-31(5)23-28(2)24-32(44)6/h7-26H,1-6H3,(H,51,52)(H,53,54). The zero-order valence-electron chi connectivity index (χ0n) is 31.3. The van der Waals surface area contributed by atoms with Crippen LogP contribution >= 0.6 is 0 Å². The minimum atomic E-state index is -0.959. The van der Waals surface area contributed by atoms with Crippen LogP contribution < -0.4 is 0 Å². The van der Waals surface area contributed by atoms with Crippen molar-refractivity contribution >= 4 is 44.3 Å². The van der Waals surface area contributed by atoms with Gasteiger partial charge < -0.3 is 10.2 Å². The summed E-state index contributed by atoms with van der Waals surface area (Å²) in [5.41, 5.74) is 14.0. The van der Waals surface area contributed by atoms with Crippen LogP contribution in [0.5, 0.6) is 0 Å².